The second-order valence-corrected chi connectivity index (χ2v) is 13.1. The number of hydrogen-bond acceptors (Lipinski definition) is 4. The molecular weight excluding hydrogens is 645 g/mol. The van der Waals surface area contributed by atoms with Gasteiger partial charge in [-0.1, -0.05) is 102 Å². The van der Waals surface area contributed by atoms with Gasteiger partial charge in [-0.15, -0.1) is 0 Å². The number of hydrogen-bond donors (Lipinski definition) is 1. The van der Waals surface area contributed by atoms with E-state index >= 15 is 4.39 Å². The normalized spacial score (nSPS) is 11.9. The number of rotatable bonds is 14. The molecule has 1 unspecified atom stereocenters. The number of nitrogens with one attached hydrogen (secondary N) is 1. The van der Waals surface area contributed by atoms with Gasteiger partial charge < -0.3 is 10.2 Å². The summed E-state index contributed by atoms with van der Waals surface area (Å²) in [6.07, 6.45) is 1.84. The Morgan fingerprint density at radius 3 is 2.16 bits per heavy atom. The van der Waals surface area contributed by atoms with E-state index in [1.165, 1.54) is 35.2 Å². The zero-order valence-corrected chi connectivity index (χ0v) is 26.8. The third kappa shape index (κ3) is 8.54. The maximum Gasteiger partial charge on any atom is 0.264 e. The Hall–Kier alpha value is -4.02. The van der Waals surface area contributed by atoms with Crippen LogP contribution in [0.3, 0.4) is 0 Å². The Kier molecular flexibility index (Phi) is 11.7. The summed E-state index contributed by atoms with van der Waals surface area (Å²) >= 11 is 3.47. The first-order valence-corrected chi connectivity index (χ1v) is 16.6. The van der Waals surface area contributed by atoms with Crippen molar-refractivity contribution in [3.8, 4) is 0 Å². The largest absolute Gasteiger partial charge is 0.354 e. The Balaban J connectivity index is 1.79. The molecule has 0 saturated heterocycles. The number of para-hydroxylation sites is 1. The average Bonchev–Trinajstić information content (AvgIpc) is 3.03. The lowest BCUT2D eigenvalue weighted by atomic mass is 10.0. The van der Waals surface area contributed by atoms with Crippen LogP contribution >= 0.6 is 15.9 Å². The summed E-state index contributed by atoms with van der Waals surface area (Å²) in [6, 6.07) is 28.7. The van der Waals surface area contributed by atoms with Crippen molar-refractivity contribution in [2.75, 3.05) is 17.4 Å². The van der Waals surface area contributed by atoms with Crippen LogP contribution in [0.5, 0.6) is 0 Å². The van der Waals surface area contributed by atoms with E-state index in [-0.39, 0.29) is 29.5 Å². The van der Waals surface area contributed by atoms with Crippen molar-refractivity contribution in [2.24, 2.45) is 0 Å². The van der Waals surface area contributed by atoms with E-state index in [1.54, 1.807) is 18.2 Å². The summed E-state index contributed by atoms with van der Waals surface area (Å²) in [5, 5.41) is 2.95. The van der Waals surface area contributed by atoms with Crippen LogP contribution in [0.1, 0.15) is 30.9 Å². The molecule has 0 bridgehead atoms. The lowest BCUT2D eigenvalue weighted by Crippen LogP contribution is -2.53. The van der Waals surface area contributed by atoms with Crippen LogP contribution in [0.25, 0.3) is 0 Å². The molecule has 0 aliphatic heterocycles. The van der Waals surface area contributed by atoms with Crippen molar-refractivity contribution in [1.29, 1.82) is 0 Å². The summed E-state index contributed by atoms with van der Waals surface area (Å²) in [5.74, 6) is -1.80. The van der Waals surface area contributed by atoms with Gasteiger partial charge in [0, 0.05) is 24.0 Å². The van der Waals surface area contributed by atoms with Gasteiger partial charge in [-0.05, 0) is 53.9 Å². The number of unbranched alkanes of at least 4 members (excludes halogenated alkanes) is 1. The maximum atomic E-state index is 15.2. The fraction of sp³-hybridized carbons (Fsp3) is 0.235. The first kappa shape index (κ1) is 32.9. The van der Waals surface area contributed by atoms with Gasteiger partial charge in [0.1, 0.15) is 18.4 Å². The molecule has 1 N–H and O–H groups in total. The summed E-state index contributed by atoms with van der Waals surface area (Å²) < 4.78 is 44.6. The lowest BCUT2D eigenvalue weighted by Gasteiger charge is -2.34. The molecule has 0 fully saturated rings. The van der Waals surface area contributed by atoms with E-state index in [9.17, 15) is 18.0 Å². The number of carbonyl (C=O) groups is 2. The number of benzene rings is 4. The molecule has 0 saturated carbocycles. The fourth-order valence-corrected chi connectivity index (χ4v) is 6.67. The van der Waals surface area contributed by atoms with Crippen molar-refractivity contribution >= 4 is 43.5 Å². The van der Waals surface area contributed by atoms with Gasteiger partial charge >= 0.3 is 0 Å². The van der Waals surface area contributed by atoms with Crippen molar-refractivity contribution in [3.05, 3.63) is 131 Å². The summed E-state index contributed by atoms with van der Waals surface area (Å²) in [4.78, 5) is 29.4. The highest BCUT2D eigenvalue weighted by Crippen LogP contribution is 2.27. The molecule has 4 rings (SSSR count). The van der Waals surface area contributed by atoms with Crippen LogP contribution in [0.4, 0.5) is 10.1 Å². The first-order chi connectivity index (χ1) is 21.2. The molecule has 0 aliphatic carbocycles. The van der Waals surface area contributed by atoms with Crippen molar-refractivity contribution in [2.45, 2.75) is 43.7 Å². The summed E-state index contributed by atoms with van der Waals surface area (Å²) in [7, 11) is -4.37. The first-order valence-electron chi connectivity index (χ1n) is 14.4. The molecule has 0 radical (unpaired) electrons. The Bertz CT molecular complexity index is 1660. The molecule has 1 atom stereocenters. The zero-order chi connectivity index (χ0) is 31.5. The van der Waals surface area contributed by atoms with Gasteiger partial charge in [0.15, 0.2) is 0 Å². The molecule has 44 heavy (non-hydrogen) atoms. The van der Waals surface area contributed by atoms with E-state index in [4.69, 9.17) is 0 Å². The second kappa shape index (κ2) is 15.6. The van der Waals surface area contributed by atoms with E-state index in [1.807, 2.05) is 61.5 Å². The molecule has 10 heteroatoms. The standard InChI is InChI=1S/C34H35BrFN3O4S/c1-2-3-21-37-34(41)32(23-26-13-6-4-7-14-26)38(24-27-15-12-16-28(35)22-27)33(40)25-39(31-20-11-10-19-30(31)36)44(42,43)29-17-8-5-9-18-29/h4-20,22,32H,2-3,21,23-25H2,1H3,(H,37,41). The zero-order valence-electron chi connectivity index (χ0n) is 24.4. The van der Waals surface area contributed by atoms with Gasteiger partial charge in [0.25, 0.3) is 10.0 Å². The number of amides is 2. The molecule has 0 spiro atoms. The van der Waals surface area contributed by atoms with Crippen LogP contribution < -0.4 is 9.62 Å². The number of nitrogens with zero attached hydrogens (tertiary/aromatic N) is 2. The summed E-state index contributed by atoms with van der Waals surface area (Å²) in [5.41, 5.74) is 1.30. The maximum absolute atomic E-state index is 15.2. The number of carbonyl (C=O) groups excluding carboxylic acids is 2. The number of halogens is 2. The Labute approximate surface area is 266 Å². The molecule has 4 aromatic carbocycles. The number of sulfonamides is 1. The van der Waals surface area contributed by atoms with Gasteiger partial charge in [0.2, 0.25) is 11.8 Å². The Morgan fingerprint density at radius 2 is 1.50 bits per heavy atom. The third-order valence-electron chi connectivity index (χ3n) is 7.07. The van der Waals surface area contributed by atoms with E-state index in [0.717, 1.165) is 38.8 Å². The van der Waals surface area contributed by atoms with Gasteiger partial charge in [0.05, 0.1) is 10.6 Å². The minimum atomic E-state index is -4.37. The van der Waals surface area contributed by atoms with Crippen molar-refractivity contribution < 1.29 is 22.4 Å². The van der Waals surface area contributed by atoms with Crippen LogP contribution in [-0.2, 0) is 32.6 Å². The molecule has 0 aliphatic rings. The monoisotopic (exact) mass is 679 g/mol. The molecule has 7 nitrogen and oxygen atoms in total. The molecule has 0 aromatic heterocycles. The van der Waals surface area contributed by atoms with Crippen LogP contribution in [0.2, 0.25) is 0 Å². The fourth-order valence-electron chi connectivity index (χ4n) is 4.78. The molecular formula is C34H35BrFN3O4S. The lowest BCUT2D eigenvalue weighted by molar-refractivity contribution is -0.140. The van der Waals surface area contributed by atoms with Crippen molar-refractivity contribution in [1.82, 2.24) is 10.2 Å². The van der Waals surface area contributed by atoms with Crippen LogP contribution in [0, 0.1) is 5.82 Å². The predicted molar refractivity (Wildman–Crippen MR) is 174 cm³/mol. The minimum absolute atomic E-state index is 0.0213. The van der Waals surface area contributed by atoms with Crippen LogP contribution in [0.15, 0.2) is 119 Å². The van der Waals surface area contributed by atoms with Gasteiger partial charge in [-0.2, -0.15) is 0 Å². The number of anilines is 1. The highest BCUT2D eigenvalue weighted by atomic mass is 79.9. The van der Waals surface area contributed by atoms with Gasteiger partial charge in [-0.3, -0.25) is 13.9 Å². The van der Waals surface area contributed by atoms with E-state index in [0.29, 0.717) is 6.54 Å². The topological polar surface area (TPSA) is 86.8 Å². The minimum Gasteiger partial charge on any atom is -0.354 e. The van der Waals surface area contributed by atoms with Gasteiger partial charge in [-0.25, -0.2) is 12.8 Å². The third-order valence-corrected chi connectivity index (χ3v) is 9.34. The molecule has 4 aromatic rings. The highest BCUT2D eigenvalue weighted by Gasteiger charge is 2.35. The average molecular weight is 681 g/mol. The SMILES string of the molecule is CCCCNC(=O)C(Cc1ccccc1)N(Cc1cccc(Br)c1)C(=O)CN(c1ccccc1F)S(=O)(=O)c1ccccc1. The summed E-state index contributed by atoms with van der Waals surface area (Å²) in [6.45, 7) is 1.75. The van der Waals surface area contributed by atoms with Crippen LogP contribution in [-0.4, -0.2) is 44.3 Å². The quantitative estimate of drug-likeness (QED) is 0.158. The highest BCUT2D eigenvalue weighted by molar-refractivity contribution is 9.10. The van der Waals surface area contributed by atoms with Crippen molar-refractivity contribution in [3.63, 3.8) is 0 Å². The van der Waals surface area contributed by atoms with E-state index in [2.05, 4.69) is 21.2 Å². The Morgan fingerprint density at radius 1 is 0.864 bits per heavy atom. The predicted octanol–water partition coefficient (Wildman–Crippen LogP) is 6.34. The molecule has 230 valence electrons. The molecule has 2 amide bonds. The smallest absolute Gasteiger partial charge is 0.264 e. The second-order valence-electron chi connectivity index (χ2n) is 10.3. The molecule has 0 heterocycles. The van der Waals surface area contributed by atoms with E-state index < -0.39 is 34.3 Å².